The molecule has 0 aliphatic heterocycles. The first-order valence-corrected chi connectivity index (χ1v) is 7.43. The Kier molecular flexibility index (Phi) is 3.92. The zero-order valence-corrected chi connectivity index (χ0v) is 12.6. The summed E-state index contributed by atoms with van der Waals surface area (Å²) in [5, 5.41) is 2.71. The Bertz CT molecular complexity index is 741. The molecule has 21 heavy (non-hydrogen) atoms. The molecular formula is C20H20O. The predicted octanol–water partition coefficient (Wildman–Crippen LogP) is 5.00. The van der Waals surface area contributed by atoms with Gasteiger partial charge in [-0.15, -0.1) is 0 Å². The van der Waals surface area contributed by atoms with E-state index in [1.165, 1.54) is 27.5 Å². The fourth-order valence-electron chi connectivity index (χ4n) is 2.78. The van der Waals surface area contributed by atoms with Crippen molar-refractivity contribution < 1.29 is 4.74 Å². The molecule has 0 radical (unpaired) electrons. The van der Waals surface area contributed by atoms with E-state index < -0.39 is 0 Å². The summed E-state index contributed by atoms with van der Waals surface area (Å²) in [4.78, 5) is 0. The SMILES string of the molecule is CCc1cccc2ccc(Cc3ccc(OC)cc3)cc12. The zero-order valence-electron chi connectivity index (χ0n) is 12.6. The highest BCUT2D eigenvalue weighted by atomic mass is 16.5. The molecule has 1 nitrogen and oxygen atoms in total. The van der Waals surface area contributed by atoms with Crippen LogP contribution in [0.15, 0.2) is 60.7 Å². The Balaban J connectivity index is 1.93. The molecule has 0 aliphatic rings. The van der Waals surface area contributed by atoms with Crippen molar-refractivity contribution in [2.45, 2.75) is 19.8 Å². The van der Waals surface area contributed by atoms with Crippen LogP contribution in [0, 0.1) is 0 Å². The maximum absolute atomic E-state index is 5.21. The second kappa shape index (κ2) is 6.01. The molecular weight excluding hydrogens is 256 g/mol. The summed E-state index contributed by atoms with van der Waals surface area (Å²) < 4.78 is 5.21. The highest BCUT2D eigenvalue weighted by Gasteiger charge is 2.02. The lowest BCUT2D eigenvalue weighted by Crippen LogP contribution is -1.91. The maximum atomic E-state index is 5.21. The summed E-state index contributed by atoms with van der Waals surface area (Å²) in [5.41, 5.74) is 4.08. The molecule has 3 rings (SSSR count). The van der Waals surface area contributed by atoms with E-state index in [1.807, 2.05) is 12.1 Å². The van der Waals surface area contributed by atoms with Crippen molar-refractivity contribution in [3.05, 3.63) is 77.4 Å². The fraction of sp³-hybridized carbons (Fsp3) is 0.200. The number of hydrogen-bond donors (Lipinski definition) is 0. The molecule has 1 heteroatoms. The maximum Gasteiger partial charge on any atom is 0.118 e. The van der Waals surface area contributed by atoms with Crippen molar-refractivity contribution in [1.82, 2.24) is 0 Å². The van der Waals surface area contributed by atoms with Gasteiger partial charge in [-0.1, -0.05) is 55.5 Å². The van der Waals surface area contributed by atoms with E-state index in [1.54, 1.807) is 7.11 Å². The minimum absolute atomic E-state index is 0.908. The smallest absolute Gasteiger partial charge is 0.118 e. The van der Waals surface area contributed by atoms with E-state index in [2.05, 4.69) is 55.5 Å². The Hall–Kier alpha value is -2.28. The largest absolute Gasteiger partial charge is 0.497 e. The summed E-state index contributed by atoms with van der Waals surface area (Å²) in [6, 6.07) is 21.7. The van der Waals surface area contributed by atoms with Crippen LogP contribution >= 0.6 is 0 Å². The average Bonchev–Trinajstić information content (AvgIpc) is 2.55. The van der Waals surface area contributed by atoms with Gasteiger partial charge in [-0.05, 0) is 52.4 Å². The van der Waals surface area contributed by atoms with Crippen molar-refractivity contribution in [3.8, 4) is 5.75 Å². The lowest BCUT2D eigenvalue weighted by atomic mass is 9.97. The number of rotatable bonds is 4. The first-order valence-electron chi connectivity index (χ1n) is 7.43. The van der Waals surface area contributed by atoms with Crippen LogP contribution in [-0.2, 0) is 12.8 Å². The molecule has 0 saturated heterocycles. The molecule has 0 heterocycles. The van der Waals surface area contributed by atoms with Crippen molar-refractivity contribution in [2.75, 3.05) is 7.11 Å². The molecule has 106 valence electrons. The average molecular weight is 276 g/mol. The van der Waals surface area contributed by atoms with Gasteiger partial charge in [0.25, 0.3) is 0 Å². The van der Waals surface area contributed by atoms with E-state index in [9.17, 15) is 0 Å². The standard InChI is InChI=1S/C20H20O/c1-3-17-5-4-6-18-10-7-16(14-20(17)18)13-15-8-11-19(21-2)12-9-15/h4-12,14H,3,13H2,1-2H3. The van der Waals surface area contributed by atoms with E-state index in [4.69, 9.17) is 4.74 Å². The van der Waals surface area contributed by atoms with Gasteiger partial charge in [-0.3, -0.25) is 0 Å². The predicted molar refractivity (Wildman–Crippen MR) is 89.1 cm³/mol. The van der Waals surface area contributed by atoms with Crippen LogP contribution in [0.4, 0.5) is 0 Å². The normalized spacial score (nSPS) is 10.8. The van der Waals surface area contributed by atoms with Crippen LogP contribution in [0.5, 0.6) is 5.75 Å². The van der Waals surface area contributed by atoms with Crippen molar-refractivity contribution >= 4 is 10.8 Å². The highest BCUT2D eigenvalue weighted by Crippen LogP contribution is 2.23. The summed E-state index contributed by atoms with van der Waals surface area (Å²) in [6.45, 7) is 2.21. The lowest BCUT2D eigenvalue weighted by Gasteiger charge is -2.08. The van der Waals surface area contributed by atoms with Crippen LogP contribution in [0.3, 0.4) is 0 Å². The van der Waals surface area contributed by atoms with Crippen LogP contribution < -0.4 is 4.74 Å². The van der Waals surface area contributed by atoms with Gasteiger partial charge in [0, 0.05) is 0 Å². The molecule has 0 aromatic heterocycles. The van der Waals surface area contributed by atoms with Gasteiger partial charge in [0.15, 0.2) is 0 Å². The number of benzene rings is 3. The minimum atomic E-state index is 0.908. The first kappa shape index (κ1) is 13.7. The minimum Gasteiger partial charge on any atom is -0.497 e. The van der Waals surface area contributed by atoms with Gasteiger partial charge in [-0.25, -0.2) is 0 Å². The molecule has 0 saturated carbocycles. The molecule has 0 bridgehead atoms. The topological polar surface area (TPSA) is 9.23 Å². The Morgan fingerprint density at radius 3 is 2.33 bits per heavy atom. The Morgan fingerprint density at radius 2 is 1.62 bits per heavy atom. The van der Waals surface area contributed by atoms with E-state index in [-0.39, 0.29) is 0 Å². The number of hydrogen-bond acceptors (Lipinski definition) is 1. The molecule has 3 aromatic rings. The van der Waals surface area contributed by atoms with Crippen LogP contribution in [0.1, 0.15) is 23.6 Å². The molecule has 0 aliphatic carbocycles. The number of methoxy groups -OCH3 is 1. The molecule has 0 unspecified atom stereocenters. The number of aryl methyl sites for hydroxylation is 1. The monoisotopic (exact) mass is 276 g/mol. The summed E-state index contributed by atoms with van der Waals surface area (Å²) in [7, 11) is 1.70. The number of ether oxygens (including phenoxy) is 1. The summed E-state index contributed by atoms with van der Waals surface area (Å²) in [5.74, 6) is 0.908. The van der Waals surface area contributed by atoms with Gasteiger partial charge < -0.3 is 4.74 Å². The van der Waals surface area contributed by atoms with Crippen LogP contribution in [0.25, 0.3) is 10.8 Å². The molecule has 0 fully saturated rings. The zero-order chi connectivity index (χ0) is 14.7. The van der Waals surface area contributed by atoms with Crippen molar-refractivity contribution in [1.29, 1.82) is 0 Å². The van der Waals surface area contributed by atoms with Gasteiger partial charge >= 0.3 is 0 Å². The fourth-order valence-corrected chi connectivity index (χ4v) is 2.78. The van der Waals surface area contributed by atoms with Crippen molar-refractivity contribution in [2.24, 2.45) is 0 Å². The quantitative estimate of drug-likeness (QED) is 0.651. The third kappa shape index (κ3) is 2.92. The molecule has 3 aromatic carbocycles. The van der Waals surface area contributed by atoms with E-state index >= 15 is 0 Å². The van der Waals surface area contributed by atoms with Crippen LogP contribution in [0.2, 0.25) is 0 Å². The van der Waals surface area contributed by atoms with E-state index in [0.717, 1.165) is 18.6 Å². The van der Waals surface area contributed by atoms with Gasteiger partial charge in [0.1, 0.15) is 5.75 Å². The Morgan fingerprint density at radius 1 is 0.857 bits per heavy atom. The lowest BCUT2D eigenvalue weighted by molar-refractivity contribution is 0.414. The van der Waals surface area contributed by atoms with E-state index in [0.29, 0.717) is 0 Å². The van der Waals surface area contributed by atoms with Crippen molar-refractivity contribution in [3.63, 3.8) is 0 Å². The second-order valence-electron chi connectivity index (χ2n) is 5.35. The van der Waals surface area contributed by atoms with Gasteiger partial charge in [-0.2, -0.15) is 0 Å². The Labute approximate surface area is 126 Å². The van der Waals surface area contributed by atoms with Crippen LogP contribution in [-0.4, -0.2) is 7.11 Å². The van der Waals surface area contributed by atoms with Gasteiger partial charge in [0.05, 0.1) is 7.11 Å². The second-order valence-corrected chi connectivity index (χ2v) is 5.35. The molecule has 0 atom stereocenters. The first-order chi connectivity index (χ1) is 10.3. The number of fused-ring (bicyclic) bond motifs is 1. The molecule has 0 amide bonds. The summed E-state index contributed by atoms with van der Waals surface area (Å²) >= 11 is 0. The third-order valence-corrected chi connectivity index (χ3v) is 3.99. The highest BCUT2D eigenvalue weighted by molar-refractivity contribution is 5.86. The van der Waals surface area contributed by atoms with Gasteiger partial charge in [0.2, 0.25) is 0 Å². The molecule has 0 spiro atoms. The summed E-state index contributed by atoms with van der Waals surface area (Å²) in [6.07, 6.45) is 2.03. The molecule has 0 N–H and O–H groups in total. The third-order valence-electron chi connectivity index (χ3n) is 3.99.